The summed E-state index contributed by atoms with van der Waals surface area (Å²) in [7, 11) is 0. The molecule has 5 nitrogen and oxygen atoms in total. The molecule has 0 aliphatic rings. The molecule has 92 valence electrons. The number of hydrogen-bond acceptors (Lipinski definition) is 4. The van der Waals surface area contributed by atoms with Crippen LogP contribution >= 0.6 is 15.9 Å². The van der Waals surface area contributed by atoms with E-state index in [4.69, 9.17) is 4.52 Å². The van der Waals surface area contributed by atoms with Crippen LogP contribution in [0.4, 0.5) is 0 Å². The van der Waals surface area contributed by atoms with Crippen molar-refractivity contribution in [2.24, 2.45) is 0 Å². The van der Waals surface area contributed by atoms with Crippen LogP contribution in [0.25, 0.3) is 11.5 Å². The van der Waals surface area contributed by atoms with E-state index < -0.39 is 0 Å². The molecule has 2 heterocycles. The Morgan fingerprint density at radius 1 is 1.41 bits per heavy atom. The molecule has 0 saturated carbocycles. The zero-order valence-electron chi connectivity index (χ0n) is 10.4. The van der Waals surface area contributed by atoms with Gasteiger partial charge in [0.2, 0.25) is 0 Å². The molecule has 2 aromatic heterocycles. The normalized spacial score (nSPS) is 12.1. The van der Waals surface area contributed by atoms with Gasteiger partial charge in [0.15, 0.2) is 5.82 Å². The Labute approximate surface area is 108 Å². The Kier molecular flexibility index (Phi) is 3.07. The van der Waals surface area contributed by atoms with Crippen LogP contribution in [0.2, 0.25) is 0 Å². The Morgan fingerprint density at radius 3 is 2.59 bits per heavy atom. The van der Waals surface area contributed by atoms with Crippen molar-refractivity contribution in [2.45, 2.75) is 39.7 Å². The van der Waals surface area contributed by atoms with Gasteiger partial charge in [0.05, 0.1) is 17.3 Å². The summed E-state index contributed by atoms with van der Waals surface area (Å²) in [6.07, 6.45) is 2.50. The number of aromatic nitrogens is 4. The van der Waals surface area contributed by atoms with Crippen LogP contribution in [-0.4, -0.2) is 19.9 Å². The number of aryl methyl sites for hydroxylation is 1. The third kappa shape index (κ3) is 2.26. The molecule has 0 aromatic carbocycles. The van der Waals surface area contributed by atoms with Crippen LogP contribution in [0.15, 0.2) is 15.3 Å². The van der Waals surface area contributed by atoms with Crippen LogP contribution < -0.4 is 0 Å². The number of rotatable bonds is 2. The van der Waals surface area contributed by atoms with E-state index in [1.54, 1.807) is 6.20 Å². The average molecular weight is 299 g/mol. The summed E-state index contributed by atoms with van der Waals surface area (Å²) in [6, 6.07) is 0. The first-order valence-corrected chi connectivity index (χ1v) is 6.29. The van der Waals surface area contributed by atoms with Gasteiger partial charge in [-0.25, -0.2) is 0 Å². The summed E-state index contributed by atoms with van der Waals surface area (Å²) in [5, 5.41) is 8.22. The highest BCUT2D eigenvalue weighted by Gasteiger charge is 2.22. The van der Waals surface area contributed by atoms with Gasteiger partial charge in [-0.3, -0.25) is 4.68 Å². The van der Waals surface area contributed by atoms with Gasteiger partial charge in [0, 0.05) is 6.42 Å². The van der Waals surface area contributed by atoms with E-state index >= 15 is 0 Å². The van der Waals surface area contributed by atoms with Gasteiger partial charge in [-0.2, -0.15) is 10.1 Å². The van der Waals surface area contributed by atoms with Gasteiger partial charge in [0.25, 0.3) is 5.89 Å². The SMILES string of the molecule is CCc1noc(-c2cnn(C(C)(C)C)c2Br)n1. The number of hydrogen-bond donors (Lipinski definition) is 0. The second kappa shape index (κ2) is 4.25. The second-order valence-electron chi connectivity index (χ2n) is 4.80. The lowest BCUT2D eigenvalue weighted by Gasteiger charge is -2.20. The minimum absolute atomic E-state index is 0.0926. The minimum atomic E-state index is -0.0926. The van der Waals surface area contributed by atoms with Crippen molar-refractivity contribution < 1.29 is 4.52 Å². The summed E-state index contributed by atoms with van der Waals surface area (Å²) < 4.78 is 7.95. The zero-order chi connectivity index (χ0) is 12.6. The molecule has 0 N–H and O–H groups in total. The summed E-state index contributed by atoms with van der Waals surface area (Å²) in [5.74, 6) is 1.21. The molecule has 17 heavy (non-hydrogen) atoms. The van der Waals surface area contributed by atoms with Gasteiger partial charge in [-0.1, -0.05) is 12.1 Å². The van der Waals surface area contributed by atoms with Gasteiger partial charge in [-0.05, 0) is 36.7 Å². The lowest BCUT2D eigenvalue weighted by Crippen LogP contribution is -2.23. The van der Waals surface area contributed by atoms with E-state index in [2.05, 4.69) is 51.9 Å². The van der Waals surface area contributed by atoms with E-state index in [1.165, 1.54) is 0 Å². The van der Waals surface area contributed by atoms with Crippen LogP contribution in [0.3, 0.4) is 0 Å². The van der Waals surface area contributed by atoms with Crippen molar-refractivity contribution in [3.8, 4) is 11.5 Å². The molecular formula is C11H15BrN4O. The van der Waals surface area contributed by atoms with E-state index in [-0.39, 0.29) is 5.54 Å². The van der Waals surface area contributed by atoms with Crippen LogP contribution in [0.5, 0.6) is 0 Å². The molecule has 0 spiro atoms. The molecule has 0 amide bonds. The lowest BCUT2D eigenvalue weighted by molar-refractivity contribution is 0.348. The van der Waals surface area contributed by atoms with Gasteiger partial charge >= 0.3 is 0 Å². The maximum atomic E-state index is 5.20. The highest BCUT2D eigenvalue weighted by Crippen LogP contribution is 2.30. The molecular weight excluding hydrogens is 284 g/mol. The Hall–Kier alpha value is -1.17. The van der Waals surface area contributed by atoms with Crippen molar-refractivity contribution in [3.63, 3.8) is 0 Å². The Bertz CT molecular complexity index is 524. The molecule has 0 radical (unpaired) electrons. The van der Waals surface area contributed by atoms with Gasteiger partial charge in [0.1, 0.15) is 4.60 Å². The van der Waals surface area contributed by atoms with Crippen LogP contribution in [-0.2, 0) is 12.0 Å². The van der Waals surface area contributed by atoms with E-state index in [0.29, 0.717) is 11.7 Å². The smallest absolute Gasteiger partial charge is 0.262 e. The summed E-state index contributed by atoms with van der Waals surface area (Å²) in [5.41, 5.74) is 0.733. The van der Waals surface area contributed by atoms with E-state index in [0.717, 1.165) is 16.6 Å². The van der Waals surface area contributed by atoms with Crippen LogP contribution in [0.1, 0.15) is 33.5 Å². The van der Waals surface area contributed by atoms with E-state index in [1.807, 2.05) is 11.6 Å². The monoisotopic (exact) mass is 298 g/mol. The fourth-order valence-corrected chi connectivity index (χ4v) is 2.35. The predicted molar refractivity (Wildman–Crippen MR) is 67.6 cm³/mol. The van der Waals surface area contributed by atoms with Crippen LogP contribution in [0, 0.1) is 0 Å². The maximum Gasteiger partial charge on any atom is 0.262 e. The third-order valence-corrected chi connectivity index (χ3v) is 3.12. The Balaban J connectivity index is 2.44. The standard InChI is InChI=1S/C11H15BrN4O/c1-5-8-14-10(17-15-8)7-6-13-16(9(7)12)11(2,3)4/h6H,5H2,1-4H3. The molecule has 2 aromatic rings. The summed E-state index contributed by atoms with van der Waals surface area (Å²) in [4.78, 5) is 4.29. The second-order valence-corrected chi connectivity index (χ2v) is 5.55. The van der Waals surface area contributed by atoms with Crippen molar-refractivity contribution in [2.75, 3.05) is 0 Å². The predicted octanol–water partition coefficient (Wildman–Crippen LogP) is 3.01. The third-order valence-electron chi connectivity index (χ3n) is 2.36. The molecule has 0 unspecified atom stereocenters. The number of nitrogens with zero attached hydrogens (tertiary/aromatic N) is 4. The molecule has 0 aliphatic heterocycles. The first-order chi connectivity index (χ1) is 7.93. The average Bonchev–Trinajstić information content (AvgIpc) is 2.82. The maximum absolute atomic E-state index is 5.20. The highest BCUT2D eigenvalue weighted by molar-refractivity contribution is 9.10. The molecule has 0 bridgehead atoms. The fraction of sp³-hybridized carbons (Fsp3) is 0.545. The molecule has 0 saturated heterocycles. The van der Waals surface area contributed by atoms with Crippen molar-refractivity contribution >= 4 is 15.9 Å². The first-order valence-electron chi connectivity index (χ1n) is 5.50. The number of halogens is 1. The van der Waals surface area contributed by atoms with Gasteiger partial charge < -0.3 is 4.52 Å². The summed E-state index contributed by atoms with van der Waals surface area (Å²) >= 11 is 3.53. The first kappa shape index (κ1) is 12.3. The lowest BCUT2D eigenvalue weighted by atomic mass is 10.1. The fourth-order valence-electron chi connectivity index (χ4n) is 1.45. The van der Waals surface area contributed by atoms with E-state index in [9.17, 15) is 0 Å². The highest BCUT2D eigenvalue weighted by atomic mass is 79.9. The summed E-state index contributed by atoms with van der Waals surface area (Å²) in [6.45, 7) is 8.24. The molecule has 0 aliphatic carbocycles. The molecule has 6 heteroatoms. The van der Waals surface area contributed by atoms with Crippen molar-refractivity contribution in [1.29, 1.82) is 0 Å². The van der Waals surface area contributed by atoms with Gasteiger partial charge in [-0.15, -0.1) is 0 Å². The quantitative estimate of drug-likeness (QED) is 0.855. The largest absolute Gasteiger partial charge is 0.334 e. The minimum Gasteiger partial charge on any atom is -0.334 e. The molecule has 0 atom stereocenters. The van der Waals surface area contributed by atoms with Crippen molar-refractivity contribution in [1.82, 2.24) is 19.9 Å². The topological polar surface area (TPSA) is 56.7 Å². The zero-order valence-corrected chi connectivity index (χ0v) is 11.9. The van der Waals surface area contributed by atoms with Crippen molar-refractivity contribution in [3.05, 3.63) is 16.6 Å². The Morgan fingerprint density at radius 2 is 2.12 bits per heavy atom. The molecule has 2 rings (SSSR count). The molecule has 0 fully saturated rings.